The predicted molar refractivity (Wildman–Crippen MR) is 52.4 cm³/mol. The minimum Gasteiger partial charge on any atom is -0.264 e. The Bertz CT molecular complexity index is 443. The van der Waals surface area contributed by atoms with Gasteiger partial charge in [0.25, 0.3) is 6.43 Å². The minimum absolute atomic E-state index is 0.212. The summed E-state index contributed by atoms with van der Waals surface area (Å²) in [7, 11) is 0. The highest BCUT2D eigenvalue weighted by molar-refractivity contribution is 5.62. The molecule has 0 radical (unpaired) electrons. The molecule has 2 aromatic heterocycles. The van der Waals surface area contributed by atoms with E-state index in [-0.39, 0.29) is 5.69 Å². The van der Waals surface area contributed by atoms with Crippen LogP contribution in [0.2, 0.25) is 0 Å². The number of hydrogen-bond acceptors (Lipinski definition) is 2. The molecule has 2 nitrogen and oxygen atoms in total. The Hall–Kier alpha value is -1.84. The van der Waals surface area contributed by atoms with Gasteiger partial charge in [-0.25, -0.2) is 8.78 Å². The second kappa shape index (κ2) is 4.13. The highest BCUT2D eigenvalue weighted by Gasteiger charge is 2.09. The molecule has 0 atom stereocenters. The lowest BCUT2D eigenvalue weighted by molar-refractivity contribution is 0.146. The first-order chi connectivity index (χ1) is 7.27. The van der Waals surface area contributed by atoms with Crippen LogP contribution in [0.4, 0.5) is 8.78 Å². The first-order valence-corrected chi connectivity index (χ1v) is 4.42. The molecule has 0 spiro atoms. The van der Waals surface area contributed by atoms with E-state index in [2.05, 4.69) is 9.97 Å². The van der Waals surface area contributed by atoms with Crippen LogP contribution >= 0.6 is 0 Å². The Balaban J connectivity index is 2.42. The molecule has 2 heterocycles. The van der Waals surface area contributed by atoms with E-state index >= 15 is 0 Å². The second-order valence-electron chi connectivity index (χ2n) is 3.01. The average molecular weight is 206 g/mol. The van der Waals surface area contributed by atoms with Gasteiger partial charge in [0, 0.05) is 24.2 Å². The number of aromatic nitrogens is 2. The molecule has 0 aromatic carbocycles. The molecule has 0 bridgehead atoms. The smallest absolute Gasteiger partial charge is 0.264 e. The predicted octanol–water partition coefficient (Wildman–Crippen LogP) is 3.08. The van der Waals surface area contributed by atoms with Gasteiger partial charge in [-0.2, -0.15) is 0 Å². The monoisotopic (exact) mass is 206 g/mol. The molecular formula is C11H8F2N2. The standard InChI is InChI=1S/C11H8F2N2/c12-11(13)10-6-8(3-5-15-10)9-2-1-4-14-7-9/h1-7,11H. The topological polar surface area (TPSA) is 25.8 Å². The van der Waals surface area contributed by atoms with E-state index in [1.165, 1.54) is 12.3 Å². The van der Waals surface area contributed by atoms with Crippen molar-refractivity contribution >= 4 is 0 Å². The molecule has 0 amide bonds. The molecule has 2 rings (SSSR count). The Morgan fingerprint density at radius 1 is 1.07 bits per heavy atom. The van der Waals surface area contributed by atoms with Gasteiger partial charge in [0.05, 0.1) is 0 Å². The van der Waals surface area contributed by atoms with Gasteiger partial charge >= 0.3 is 0 Å². The van der Waals surface area contributed by atoms with Crippen LogP contribution < -0.4 is 0 Å². The average Bonchev–Trinajstić information content (AvgIpc) is 2.30. The van der Waals surface area contributed by atoms with Crippen molar-refractivity contribution in [2.45, 2.75) is 6.43 Å². The lowest BCUT2D eigenvalue weighted by atomic mass is 10.1. The normalized spacial score (nSPS) is 10.6. The summed E-state index contributed by atoms with van der Waals surface area (Å²) in [5.41, 5.74) is 1.30. The summed E-state index contributed by atoms with van der Waals surface area (Å²) >= 11 is 0. The first kappa shape index (κ1) is 9.71. The highest BCUT2D eigenvalue weighted by Crippen LogP contribution is 2.22. The van der Waals surface area contributed by atoms with Crippen LogP contribution in [0, 0.1) is 0 Å². The van der Waals surface area contributed by atoms with Crippen LogP contribution in [0.1, 0.15) is 12.1 Å². The lowest BCUT2D eigenvalue weighted by Crippen LogP contribution is -1.90. The van der Waals surface area contributed by atoms with E-state index in [1.54, 1.807) is 24.5 Å². The molecule has 0 unspecified atom stereocenters. The quantitative estimate of drug-likeness (QED) is 0.754. The summed E-state index contributed by atoms with van der Waals surface area (Å²) in [6.45, 7) is 0. The third-order valence-corrected chi connectivity index (χ3v) is 2.00. The second-order valence-corrected chi connectivity index (χ2v) is 3.01. The summed E-state index contributed by atoms with van der Waals surface area (Å²) in [5, 5.41) is 0. The number of rotatable bonds is 2. The van der Waals surface area contributed by atoms with Gasteiger partial charge in [0.1, 0.15) is 5.69 Å². The van der Waals surface area contributed by atoms with Crippen molar-refractivity contribution in [3.8, 4) is 11.1 Å². The number of hydrogen-bond donors (Lipinski definition) is 0. The number of alkyl halides is 2. The number of halogens is 2. The number of nitrogens with zero attached hydrogens (tertiary/aromatic N) is 2. The van der Waals surface area contributed by atoms with Crippen LogP contribution in [0.25, 0.3) is 11.1 Å². The molecule has 15 heavy (non-hydrogen) atoms. The third kappa shape index (κ3) is 2.15. The molecule has 0 N–H and O–H groups in total. The van der Waals surface area contributed by atoms with Crippen molar-refractivity contribution in [3.63, 3.8) is 0 Å². The van der Waals surface area contributed by atoms with Gasteiger partial charge in [-0.05, 0) is 23.8 Å². The maximum Gasteiger partial charge on any atom is 0.280 e. The zero-order valence-electron chi connectivity index (χ0n) is 7.77. The van der Waals surface area contributed by atoms with Crippen molar-refractivity contribution < 1.29 is 8.78 Å². The summed E-state index contributed by atoms with van der Waals surface area (Å²) in [6.07, 6.45) is 2.11. The summed E-state index contributed by atoms with van der Waals surface area (Å²) in [6, 6.07) is 6.64. The first-order valence-electron chi connectivity index (χ1n) is 4.42. The van der Waals surface area contributed by atoms with E-state index in [9.17, 15) is 8.78 Å². The van der Waals surface area contributed by atoms with Crippen molar-refractivity contribution in [2.24, 2.45) is 0 Å². The largest absolute Gasteiger partial charge is 0.280 e. The Labute approximate surface area is 85.6 Å². The molecule has 0 saturated heterocycles. The van der Waals surface area contributed by atoms with Gasteiger partial charge in [-0.15, -0.1) is 0 Å². The fraction of sp³-hybridized carbons (Fsp3) is 0.0909. The number of pyridine rings is 2. The van der Waals surface area contributed by atoms with Crippen LogP contribution in [0.15, 0.2) is 42.9 Å². The van der Waals surface area contributed by atoms with Crippen LogP contribution in [-0.4, -0.2) is 9.97 Å². The van der Waals surface area contributed by atoms with Crippen LogP contribution in [0.5, 0.6) is 0 Å². The SMILES string of the molecule is FC(F)c1cc(-c2cccnc2)ccn1. The van der Waals surface area contributed by atoms with E-state index in [4.69, 9.17) is 0 Å². The Kier molecular flexibility index (Phi) is 2.67. The fourth-order valence-electron chi connectivity index (χ4n) is 1.28. The van der Waals surface area contributed by atoms with Gasteiger partial charge < -0.3 is 0 Å². The van der Waals surface area contributed by atoms with Crippen LogP contribution in [0.3, 0.4) is 0 Å². The lowest BCUT2D eigenvalue weighted by Gasteiger charge is -2.03. The molecule has 0 fully saturated rings. The van der Waals surface area contributed by atoms with Crippen LogP contribution in [-0.2, 0) is 0 Å². The maximum atomic E-state index is 12.4. The maximum absolute atomic E-state index is 12.4. The van der Waals surface area contributed by atoms with E-state index < -0.39 is 6.43 Å². The van der Waals surface area contributed by atoms with Crippen molar-refractivity contribution in [1.29, 1.82) is 0 Å². The highest BCUT2D eigenvalue weighted by atomic mass is 19.3. The Morgan fingerprint density at radius 2 is 1.93 bits per heavy atom. The molecule has 4 heteroatoms. The van der Waals surface area contributed by atoms with Crippen molar-refractivity contribution in [2.75, 3.05) is 0 Å². The van der Waals surface area contributed by atoms with E-state index in [0.717, 1.165) is 5.56 Å². The zero-order chi connectivity index (χ0) is 10.7. The minimum atomic E-state index is -2.54. The molecule has 0 aliphatic rings. The molecular weight excluding hydrogens is 198 g/mol. The van der Waals surface area contributed by atoms with E-state index in [0.29, 0.717) is 5.56 Å². The Morgan fingerprint density at radius 3 is 2.60 bits per heavy atom. The van der Waals surface area contributed by atoms with Gasteiger partial charge in [-0.3, -0.25) is 9.97 Å². The van der Waals surface area contributed by atoms with E-state index in [1.807, 2.05) is 6.07 Å². The van der Waals surface area contributed by atoms with Gasteiger partial charge in [0.2, 0.25) is 0 Å². The summed E-state index contributed by atoms with van der Waals surface area (Å²) in [5.74, 6) is 0. The van der Waals surface area contributed by atoms with Gasteiger partial charge in [0.15, 0.2) is 0 Å². The van der Waals surface area contributed by atoms with Crippen molar-refractivity contribution in [3.05, 3.63) is 48.5 Å². The summed E-state index contributed by atoms with van der Waals surface area (Å²) < 4.78 is 24.8. The van der Waals surface area contributed by atoms with Crippen molar-refractivity contribution in [1.82, 2.24) is 9.97 Å². The zero-order valence-corrected chi connectivity index (χ0v) is 7.77. The third-order valence-electron chi connectivity index (χ3n) is 2.00. The van der Waals surface area contributed by atoms with Gasteiger partial charge in [-0.1, -0.05) is 6.07 Å². The molecule has 0 aliphatic heterocycles. The molecule has 2 aromatic rings. The molecule has 0 aliphatic carbocycles. The fourth-order valence-corrected chi connectivity index (χ4v) is 1.28. The summed E-state index contributed by atoms with van der Waals surface area (Å²) in [4.78, 5) is 7.52. The molecule has 76 valence electrons. The molecule has 0 saturated carbocycles.